The molecule has 1 atom stereocenters. The van der Waals surface area contributed by atoms with Crippen molar-refractivity contribution in [3.63, 3.8) is 0 Å². The van der Waals surface area contributed by atoms with E-state index in [1.165, 1.54) is 4.90 Å². The van der Waals surface area contributed by atoms with Crippen LogP contribution >= 0.6 is 0 Å². The third-order valence-corrected chi connectivity index (χ3v) is 3.48. The maximum atomic E-state index is 12.5. The molecule has 1 aliphatic rings. The largest absolute Gasteiger partial charge is 0.480 e. The maximum Gasteiger partial charge on any atom is 0.328 e. The smallest absolute Gasteiger partial charge is 0.328 e. The Labute approximate surface area is 125 Å². The molecule has 1 N–H and O–H groups in total. The first-order valence-electron chi connectivity index (χ1n) is 6.75. The van der Waals surface area contributed by atoms with Crippen LogP contribution < -0.4 is 0 Å². The Balaban J connectivity index is 1.81. The summed E-state index contributed by atoms with van der Waals surface area (Å²) in [5.41, 5.74) is 1.20. The van der Waals surface area contributed by atoms with E-state index < -0.39 is 12.0 Å². The minimum absolute atomic E-state index is 0.0120. The van der Waals surface area contributed by atoms with Gasteiger partial charge in [0.15, 0.2) is 6.04 Å². The lowest BCUT2D eigenvalue weighted by molar-refractivity contribution is -0.147. The Morgan fingerprint density at radius 2 is 2.05 bits per heavy atom. The lowest BCUT2D eigenvalue weighted by Gasteiger charge is -2.32. The number of carbonyl (C=O) groups is 2. The third-order valence-electron chi connectivity index (χ3n) is 3.48. The fourth-order valence-electron chi connectivity index (χ4n) is 2.32. The van der Waals surface area contributed by atoms with E-state index in [0.29, 0.717) is 12.2 Å². The quantitative estimate of drug-likeness (QED) is 0.869. The van der Waals surface area contributed by atoms with Crippen LogP contribution in [0, 0.1) is 0 Å². The van der Waals surface area contributed by atoms with E-state index in [1.807, 2.05) is 0 Å². The number of benzene rings is 1. The second kappa shape index (κ2) is 5.94. The molecule has 1 unspecified atom stereocenters. The number of hydrogen-bond acceptors (Lipinski definition) is 5. The van der Waals surface area contributed by atoms with Gasteiger partial charge in [-0.3, -0.25) is 4.79 Å². The lowest BCUT2D eigenvalue weighted by atomic mass is 10.1. The average Bonchev–Trinajstić information content (AvgIpc) is 3.09. The van der Waals surface area contributed by atoms with E-state index in [9.17, 15) is 14.7 Å². The third kappa shape index (κ3) is 2.68. The van der Waals surface area contributed by atoms with Crippen molar-refractivity contribution in [3.05, 3.63) is 42.2 Å². The van der Waals surface area contributed by atoms with Gasteiger partial charge < -0.3 is 14.7 Å². The van der Waals surface area contributed by atoms with Crippen LogP contribution in [0.25, 0.3) is 5.69 Å². The molecule has 0 bridgehead atoms. The monoisotopic (exact) mass is 302 g/mol. The minimum atomic E-state index is -1.06. The lowest BCUT2D eigenvalue weighted by Crippen LogP contribution is -2.52. The molecular formula is C14H14N4O4. The van der Waals surface area contributed by atoms with E-state index >= 15 is 0 Å². The zero-order valence-electron chi connectivity index (χ0n) is 11.6. The summed E-state index contributed by atoms with van der Waals surface area (Å²) in [5, 5.41) is 16.8. The van der Waals surface area contributed by atoms with Crippen LogP contribution in [-0.4, -0.2) is 62.7 Å². The summed E-state index contributed by atoms with van der Waals surface area (Å²) >= 11 is 0. The zero-order valence-corrected chi connectivity index (χ0v) is 11.6. The topological polar surface area (TPSA) is 97.6 Å². The van der Waals surface area contributed by atoms with Crippen LogP contribution in [0.3, 0.4) is 0 Å². The zero-order chi connectivity index (χ0) is 15.5. The van der Waals surface area contributed by atoms with E-state index in [0.717, 1.165) is 5.69 Å². The SMILES string of the molecule is O=C(O)C1COCCN1C(=O)c1ccc(-n2ccnn2)cc1. The number of ether oxygens (including phenoxy) is 1. The number of amides is 1. The number of carboxylic acid groups (broad SMARTS) is 1. The van der Waals surface area contributed by atoms with Crippen LogP contribution in [0.2, 0.25) is 0 Å². The van der Waals surface area contributed by atoms with E-state index in [4.69, 9.17) is 4.74 Å². The van der Waals surface area contributed by atoms with Crippen LogP contribution in [0.5, 0.6) is 0 Å². The summed E-state index contributed by atoms with van der Waals surface area (Å²) in [6.07, 6.45) is 3.25. The molecule has 1 fully saturated rings. The summed E-state index contributed by atoms with van der Waals surface area (Å²) in [7, 11) is 0. The van der Waals surface area contributed by atoms with Crippen molar-refractivity contribution in [3.8, 4) is 5.69 Å². The first-order valence-corrected chi connectivity index (χ1v) is 6.75. The molecule has 0 radical (unpaired) electrons. The van der Waals surface area contributed by atoms with Crippen molar-refractivity contribution in [2.24, 2.45) is 0 Å². The van der Waals surface area contributed by atoms with Crippen LogP contribution in [0.4, 0.5) is 0 Å². The van der Waals surface area contributed by atoms with Gasteiger partial charge in [0.1, 0.15) is 0 Å². The van der Waals surface area contributed by atoms with Gasteiger partial charge in [0.2, 0.25) is 0 Å². The highest BCUT2D eigenvalue weighted by molar-refractivity contribution is 5.96. The molecule has 1 aromatic carbocycles. The van der Waals surface area contributed by atoms with Crippen molar-refractivity contribution in [2.45, 2.75) is 6.04 Å². The van der Waals surface area contributed by atoms with E-state index in [2.05, 4.69) is 10.3 Å². The highest BCUT2D eigenvalue weighted by Gasteiger charge is 2.33. The van der Waals surface area contributed by atoms with Crippen molar-refractivity contribution < 1.29 is 19.4 Å². The number of aromatic nitrogens is 3. The van der Waals surface area contributed by atoms with Crippen molar-refractivity contribution >= 4 is 11.9 Å². The van der Waals surface area contributed by atoms with Gasteiger partial charge >= 0.3 is 5.97 Å². The molecule has 114 valence electrons. The molecular weight excluding hydrogens is 288 g/mol. The van der Waals surface area contributed by atoms with Gasteiger partial charge in [-0.15, -0.1) is 5.10 Å². The predicted octanol–water partition coefficient (Wildman–Crippen LogP) is 0.193. The van der Waals surface area contributed by atoms with Gasteiger partial charge in [-0.25, -0.2) is 9.48 Å². The number of nitrogens with zero attached hydrogens (tertiary/aromatic N) is 4. The van der Waals surface area contributed by atoms with Gasteiger partial charge in [0, 0.05) is 12.1 Å². The fraction of sp³-hybridized carbons (Fsp3) is 0.286. The normalized spacial score (nSPS) is 18.2. The molecule has 3 rings (SSSR count). The first kappa shape index (κ1) is 14.2. The summed E-state index contributed by atoms with van der Waals surface area (Å²) in [6.45, 7) is 0.616. The first-order chi connectivity index (χ1) is 10.7. The number of hydrogen-bond donors (Lipinski definition) is 1. The van der Waals surface area contributed by atoms with E-state index in [-0.39, 0.29) is 19.1 Å². The van der Waals surface area contributed by atoms with Gasteiger partial charge in [-0.05, 0) is 24.3 Å². The Kier molecular flexibility index (Phi) is 3.84. The Morgan fingerprint density at radius 1 is 1.27 bits per heavy atom. The summed E-state index contributed by atoms with van der Waals surface area (Å²) in [5.74, 6) is -1.38. The predicted molar refractivity (Wildman–Crippen MR) is 74.6 cm³/mol. The maximum absolute atomic E-state index is 12.5. The molecule has 2 aromatic rings. The molecule has 2 heterocycles. The Hall–Kier alpha value is -2.74. The Bertz CT molecular complexity index is 669. The number of carboxylic acids is 1. The number of carbonyl (C=O) groups excluding carboxylic acids is 1. The van der Waals surface area contributed by atoms with Crippen molar-refractivity contribution in [2.75, 3.05) is 19.8 Å². The second-order valence-electron chi connectivity index (χ2n) is 4.82. The highest BCUT2D eigenvalue weighted by atomic mass is 16.5. The summed E-state index contributed by atoms with van der Waals surface area (Å²) in [6, 6.07) is 5.81. The fourth-order valence-corrected chi connectivity index (χ4v) is 2.32. The number of aliphatic carboxylic acids is 1. The van der Waals surface area contributed by atoms with Gasteiger partial charge in [0.05, 0.1) is 31.3 Å². The van der Waals surface area contributed by atoms with Crippen molar-refractivity contribution in [1.82, 2.24) is 19.9 Å². The molecule has 8 heteroatoms. The number of morpholine rings is 1. The second-order valence-corrected chi connectivity index (χ2v) is 4.82. The molecule has 1 aliphatic heterocycles. The van der Waals surface area contributed by atoms with Crippen LogP contribution in [-0.2, 0) is 9.53 Å². The molecule has 1 amide bonds. The van der Waals surface area contributed by atoms with Crippen molar-refractivity contribution in [1.29, 1.82) is 0 Å². The number of rotatable bonds is 3. The summed E-state index contributed by atoms with van der Waals surface area (Å²) < 4.78 is 6.71. The van der Waals surface area contributed by atoms with Gasteiger partial charge in [-0.2, -0.15) is 0 Å². The molecule has 22 heavy (non-hydrogen) atoms. The molecule has 8 nitrogen and oxygen atoms in total. The van der Waals surface area contributed by atoms with E-state index in [1.54, 1.807) is 41.3 Å². The van der Waals surface area contributed by atoms with Crippen LogP contribution in [0.1, 0.15) is 10.4 Å². The highest BCUT2D eigenvalue weighted by Crippen LogP contribution is 2.15. The standard InChI is InChI=1S/C14H14N4O4/c19-13(17-7-8-22-9-12(17)14(20)21)10-1-3-11(4-2-10)18-6-5-15-16-18/h1-6,12H,7-9H2,(H,20,21). The van der Waals surface area contributed by atoms with Gasteiger partial charge in [0.25, 0.3) is 5.91 Å². The minimum Gasteiger partial charge on any atom is -0.480 e. The molecule has 0 spiro atoms. The summed E-state index contributed by atoms with van der Waals surface area (Å²) in [4.78, 5) is 25.0. The molecule has 1 saturated heterocycles. The molecule has 0 aliphatic carbocycles. The Morgan fingerprint density at radius 3 is 2.68 bits per heavy atom. The van der Waals surface area contributed by atoms with Crippen LogP contribution in [0.15, 0.2) is 36.7 Å². The van der Waals surface area contributed by atoms with Gasteiger partial charge in [-0.1, -0.05) is 5.21 Å². The molecule has 0 saturated carbocycles. The molecule has 1 aromatic heterocycles. The average molecular weight is 302 g/mol.